The van der Waals surface area contributed by atoms with Crippen LogP contribution in [0.4, 0.5) is 0 Å². The lowest BCUT2D eigenvalue weighted by molar-refractivity contribution is -0.138. The van der Waals surface area contributed by atoms with Crippen molar-refractivity contribution in [2.75, 3.05) is 6.61 Å². The Hall–Kier alpha value is -1.83. The maximum atomic E-state index is 12.0. The Balaban J connectivity index is 1.80. The molecule has 1 fully saturated rings. The molecule has 1 saturated carbocycles. The van der Waals surface area contributed by atoms with Crippen molar-refractivity contribution in [2.45, 2.75) is 92.4 Å². The number of esters is 1. The molecule has 0 spiro atoms. The largest absolute Gasteiger partial charge is 0.463 e. The molecule has 0 aromatic rings. The first-order chi connectivity index (χ1) is 14.3. The minimum atomic E-state index is -0.226. The predicted octanol–water partition coefficient (Wildman–Crippen LogP) is 8.03. The van der Waals surface area contributed by atoms with E-state index in [9.17, 15) is 4.79 Å². The highest BCUT2D eigenvalue weighted by Crippen LogP contribution is 2.40. The van der Waals surface area contributed by atoms with Crippen molar-refractivity contribution in [2.24, 2.45) is 11.3 Å². The van der Waals surface area contributed by atoms with Crippen molar-refractivity contribution in [1.29, 1.82) is 0 Å². The molecule has 2 aliphatic carbocycles. The van der Waals surface area contributed by atoms with Crippen molar-refractivity contribution >= 4 is 5.97 Å². The summed E-state index contributed by atoms with van der Waals surface area (Å²) in [7, 11) is 0. The van der Waals surface area contributed by atoms with Crippen LogP contribution in [0.3, 0.4) is 0 Å². The lowest BCUT2D eigenvalue weighted by Gasteiger charge is -2.32. The van der Waals surface area contributed by atoms with Crippen LogP contribution in [-0.4, -0.2) is 12.6 Å². The summed E-state index contributed by atoms with van der Waals surface area (Å²) in [5, 5.41) is 0. The third-order valence-electron chi connectivity index (χ3n) is 6.61. The molecule has 0 aromatic heterocycles. The molecule has 0 atom stereocenters. The summed E-state index contributed by atoms with van der Waals surface area (Å²) in [5.74, 6) is 0.520. The fraction of sp³-hybridized carbons (Fsp3) is 0.607. The van der Waals surface area contributed by atoms with E-state index in [-0.39, 0.29) is 11.4 Å². The lowest BCUT2D eigenvalue weighted by Crippen LogP contribution is -2.19. The molecular weight excluding hydrogens is 368 g/mol. The zero-order valence-electron chi connectivity index (χ0n) is 19.9. The molecule has 0 N–H and O–H groups in total. The van der Waals surface area contributed by atoms with Crippen LogP contribution in [0.15, 0.2) is 58.7 Å². The van der Waals surface area contributed by atoms with E-state index in [4.69, 9.17) is 4.74 Å². The molecule has 0 unspecified atom stereocenters. The molecular formula is C28H42O2. The molecule has 0 aromatic carbocycles. The van der Waals surface area contributed by atoms with E-state index in [2.05, 4.69) is 45.9 Å². The van der Waals surface area contributed by atoms with Gasteiger partial charge in [0.15, 0.2) is 0 Å². The first-order valence-electron chi connectivity index (χ1n) is 11.9. The zero-order valence-corrected chi connectivity index (χ0v) is 19.9. The number of allylic oxidation sites excluding steroid dienone is 9. The number of ether oxygens (including phenoxy) is 1. The molecule has 0 radical (unpaired) electrons. The number of rotatable bonds is 8. The first-order valence-corrected chi connectivity index (χ1v) is 11.9. The van der Waals surface area contributed by atoms with Gasteiger partial charge in [-0.3, -0.25) is 0 Å². The predicted molar refractivity (Wildman–Crippen MR) is 128 cm³/mol. The van der Waals surface area contributed by atoms with Crippen LogP contribution in [0.1, 0.15) is 92.4 Å². The Labute approximate surface area is 184 Å². The van der Waals surface area contributed by atoms with E-state index in [1.807, 2.05) is 19.1 Å². The molecule has 0 saturated heterocycles. The maximum Gasteiger partial charge on any atom is 0.331 e. The molecule has 2 nitrogen and oxygen atoms in total. The van der Waals surface area contributed by atoms with E-state index in [1.54, 1.807) is 6.08 Å². The standard InChI is InChI=1S/C28H42O2/c1-22(16-17-26-24(3)13-10-19-28(26,4)5)11-9-12-23(2)21-27(29)30-20-18-25-14-7-6-8-15-25/h9,11-12,16-17,21,25H,6-8,10,13-15,18-20H2,1-5H3. The van der Waals surface area contributed by atoms with Crippen LogP contribution in [0, 0.1) is 11.3 Å². The fourth-order valence-electron chi connectivity index (χ4n) is 4.71. The third kappa shape index (κ3) is 8.50. The molecule has 2 heteroatoms. The van der Waals surface area contributed by atoms with Gasteiger partial charge in [-0.25, -0.2) is 4.79 Å². The van der Waals surface area contributed by atoms with Crippen molar-refractivity contribution in [3.05, 3.63) is 58.7 Å². The normalized spacial score (nSPS) is 21.6. The summed E-state index contributed by atoms with van der Waals surface area (Å²) in [6.45, 7) is 11.6. The molecule has 2 rings (SSSR count). The van der Waals surface area contributed by atoms with Gasteiger partial charge in [-0.2, -0.15) is 0 Å². The average molecular weight is 411 g/mol. The van der Waals surface area contributed by atoms with Gasteiger partial charge in [0.25, 0.3) is 0 Å². The molecule has 0 bridgehead atoms. The molecule has 30 heavy (non-hydrogen) atoms. The van der Waals surface area contributed by atoms with E-state index < -0.39 is 0 Å². The summed E-state index contributed by atoms with van der Waals surface area (Å²) in [5.41, 5.74) is 5.39. The molecule has 166 valence electrons. The summed E-state index contributed by atoms with van der Waals surface area (Å²) in [6.07, 6.45) is 23.6. The SMILES string of the molecule is CC(C=CC1=C(C)CCCC1(C)C)=CC=CC(C)=CC(=O)OCCC1CCCCC1. The van der Waals surface area contributed by atoms with Gasteiger partial charge in [0.05, 0.1) is 6.61 Å². The van der Waals surface area contributed by atoms with Crippen LogP contribution >= 0.6 is 0 Å². The van der Waals surface area contributed by atoms with Crippen LogP contribution in [0.5, 0.6) is 0 Å². The Bertz CT molecular complexity index is 722. The number of carbonyl (C=O) groups excluding carboxylic acids is 1. The minimum absolute atomic E-state index is 0.226. The number of carbonyl (C=O) groups is 1. The van der Waals surface area contributed by atoms with Gasteiger partial charge in [-0.1, -0.05) is 87.5 Å². The smallest absolute Gasteiger partial charge is 0.331 e. The highest BCUT2D eigenvalue weighted by Gasteiger charge is 2.26. The monoisotopic (exact) mass is 410 g/mol. The van der Waals surface area contributed by atoms with E-state index in [0.717, 1.165) is 17.9 Å². The van der Waals surface area contributed by atoms with E-state index in [0.29, 0.717) is 6.61 Å². The van der Waals surface area contributed by atoms with Gasteiger partial charge in [0, 0.05) is 6.08 Å². The Morgan fingerprint density at radius 3 is 2.50 bits per heavy atom. The topological polar surface area (TPSA) is 26.3 Å². The molecule has 0 heterocycles. The number of hydrogen-bond donors (Lipinski definition) is 0. The van der Waals surface area contributed by atoms with Crippen LogP contribution < -0.4 is 0 Å². The average Bonchev–Trinajstić information content (AvgIpc) is 2.68. The van der Waals surface area contributed by atoms with Gasteiger partial charge in [0.2, 0.25) is 0 Å². The first kappa shape index (κ1) is 24.4. The van der Waals surface area contributed by atoms with Crippen LogP contribution in [-0.2, 0) is 9.53 Å². The molecule has 0 amide bonds. The quantitative estimate of drug-likeness (QED) is 0.230. The summed E-state index contributed by atoms with van der Waals surface area (Å²) < 4.78 is 5.40. The van der Waals surface area contributed by atoms with Crippen molar-refractivity contribution in [3.8, 4) is 0 Å². The summed E-state index contributed by atoms with van der Waals surface area (Å²) in [4.78, 5) is 12.0. The van der Waals surface area contributed by atoms with Gasteiger partial charge in [-0.05, 0) is 68.9 Å². The highest BCUT2D eigenvalue weighted by atomic mass is 16.5. The van der Waals surface area contributed by atoms with Gasteiger partial charge in [-0.15, -0.1) is 0 Å². The second-order valence-corrected chi connectivity index (χ2v) is 9.88. The second kappa shape index (κ2) is 12.1. The Morgan fingerprint density at radius 1 is 1.07 bits per heavy atom. The second-order valence-electron chi connectivity index (χ2n) is 9.88. The molecule has 2 aliphatic rings. The Morgan fingerprint density at radius 2 is 1.80 bits per heavy atom. The van der Waals surface area contributed by atoms with Gasteiger partial charge >= 0.3 is 5.97 Å². The van der Waals surface area contributed by atoms with E-state index >= 15 is 0 Å². The Kier molecular flexibility index (Phi) is 9.88. The highest BCUT2D eigenvalue weighted by molar-refractivity contribution is 5.83. The summed E-state index contributed by atoms with van der Waals surface area (Å²) in [6, 6.07) is 0. The zero-order chi connectivity index (χ0) is 22.0. The van der Waals surface area contributed by atoms with Crippen LogP contribution in [0.25, 0.3) is 0 Å². The lowest BCUT2D eigenvalue weighted by atomic mass is 9.72. The maximum absolute atomic E-state index is 12.0. The molecule has 0 aliphatic heterocycles. The van der Waals surface area contributed by atoms with Gasteiger partial charge < -0.3 is 4.74 Å². The number of hydrogen-bond acceptors (Lipinski definition) is 2. The summed E-state index contributed by atoms with van der Waals surface area (Å²) >= 11 is 0. The van der Waals surface area contributed by atoms with Crippen LogP contribution in [0.2, 0.25) is 0 Å². The van der Waals surface area contributed by atoms with Crippen molar-refractivity contribution in [1.82, 2.24) is 0 Å². The minimum Gasteiger partial charge on any atom is -0.463 e. The van der Waals surface area contributed by atoms with Crippen molar-refractivity contribution in [3.63, 3.8) is 0 Å². The van der Waals surface area contributed by atoms with Gasteiger partial charge in [0.1, 0.15) is 0 Å². The van der Waals surface area contributed by atoms with Crippen molar-refractivity contribution < 1.29 is 9.53 Å². The third-order valence-corrected chi connectivity index (χ3v) is 6.61. The van der Waals surface area contributed by atoms with E-state index in [1.165, 1.54) is 68.1 Å². The fourth-order valence-corrected chi connectivity index (χ4v) is 4.71.